The van der Waals surface area contributed by atoms with Crippen molar-refractivity contribution in [3.05, 3.63) is 29.3 Å². The molecule has 0 N–H and O–H groups in total. The van der Waals surface area contributed by atoms with Gasteiger partial charge in [-0.15, -0.1) is 0 Å². The van der Waals surface area contributed by atoms with Gasteiger partial charge in [0, 0.05) is 17.8 Å². The number of benzene rings is 1. The highest BCUT2D eigenvalue weighted by Crippen LogP contribution is 2.44. The maximum Gasteiger partial charge on any atom is 0.127 e. The number of aryl methyl sites for hydroxylation is 1. The second kappa shape index (κ2) is 5.16. The molecule has 1 heterocycles. The zero-order valence-electron chi connectivity index (χ0n) is 13.2. The quantitative estimate of drug-likeness (QED) is 0.796. The summed E-state index contributed by atoms with van der Waals surface area (Å²) in [5.41, 5.74) is 4.26. The standard InChI is InChI=1S/C17H27NO/c1-7-19-14(4)18-16-10-12(2)8-9-15(16)13(3)11-17(18,5)6/h8-10,13-14H,7,11H2,1-6H3. The molecule has 1 aromatic carbocycles. The molecule has 106 valence electrons. The zero-order valence-corrected chi connectivity index (χ0v) is 13.2. The Morgan fingerprint density at radius 1 is 1.42 bits per heavy atom. The van der Waals surface area contributed by atoms with Crippen molar-refractivity contribution in [1.82, 2.24) is 0 Å². The maximum absolute atomic E-state index is 5.87. The summed E-state index contributed by atoms with van der Waals surface area (Å²) in [7, 11) is 0. The molecule has 2 rings (SSSR count). The van der Waals surface area contributed by atoms with Gasteiger partial charge < -0.3 is 9.64 Å². The lowest BCUT2D eigenvalue weighted by Gasteiger charge is -2.50. The Bertz CT molecular complexity index is 453. The van der Waals surface area contributed by atoms with Crippen LogP contribution in [0.15, 0.2) is 18.2 Å². The summed E-state index contributed by atoms with van der Waals surface area (Å²) in [5, 5.41) is 0. The molecule has 0 saturated heterocycles. The summed E-state index contributed by atoms with van der Waals surface area (Å²) in [6.45, 7) is 14.1. The van der Waals surface area contributed by atoms with E-state index in [1.807, 2.05) is 0 Å². The maximum atomic E-state index is 5.87. The normalized spacial score (nSPS) is 23.1. The molecule has 0 amide bonds. The molecule has 1 aliphatic rings. The van der Waals surface area contributed by atoms with Crippen molar-refractivity contribution in [2.24, 2.45) is 0 Å². The van der Waals surface area contributed by atoms with Gasteiger partial charge in [0.2, 0.25) is 0 Å². The summed E-state index contributed by atoms with van der Waals surface area (Å²) in [4.78, 5) is 2.46. The van der Waals surface area contributed by atoms with Gasteiger partial charge in [-0.2, -0.15) is 0 Å². The van der Waals surface area contributed by atoms with E-state index in [1.165, 1.54) is 23.2 Å². The summed E-state index contributed by atoms with van der Waals surface area (Å²) in [5.74, 6) is 0.607. The first-order valence-electron chi connectivity index (χ1n) is 7.38. The molecule has 2 heteroatoms. The van der Waals surface area contributed by atoms with Crippen molar-refractivity contribution in [2.45, 2.75) is 65.6 Å². The number of fused-ring (bicyclic) bond motifs is 1. The van der Waals surface area contributed by atoms with E-state index in [0.717, 1.165) is 6.61 Å². The third kappa shape index (κ3) is 2.64. The Morgan fingerprint density at radius 3 is 2.74 bits per heavy atom. The van der Waals surface area contributed by atoms with Crippen molar-refractivity contribution < 1.29 is 4.74 Å². The van der Waals surface area contributed by atoms with Crippen LogP contribution in [-0.4, -0.2) is 18.4 Å². The van der Waals surface area contributed by atoms with Crippen LogP contribution < -0.4 is 4.90 Å². The van der Waals surface area contributed by atoms with Crippen LogP contribution >= 0.6 is 0 Å². The lowest BCUT2D eigenvalue weighted by molar-refractivity contribution is 0.0548. The van der Waals surface area contributed by atoms with Crippen LogP contribution in [-0.2, 0) is 4.74 Å². The molecule has 0 bridgehead atoms. The summed E-state index contributed by atoms with van der Waals surface area (Å²) in [6, 6.07) is 6.82. The van der Waals surface area contributed by atoms with E-state index in [4.69, 9.17) is 4.74 Å². The Morgan fingerprint density at radius 2 is 2.11 bits per heavy atom. The van der Waals surface area contributed by atoms with Crippen molar-refractivity contribution >= 4 is 5.69 Å². The highest BCUT2D eigenvalue weighted by Gasteiger charge is 2.38. The van der Waals surface area contributed by atoms with Crippen LogP contribution in [0.25, 0.3) is 0 Å². The Balaban J connectivity index is 2.50. The largest absolute Gasteiger partial charge is 0.359 e. The topological polar surface area (TPSA) is 12.5 Å². The molecule has 1 aromatic rings. The van der Waals surface area contributed by atoms with E-state index in [1.54, 1.807) is 0 Å². The summed E-state index contributed by atoms with van der Waals surface area (Å²) < 4.78 is 5.87. The number of anilines is 1. The molecule has 2 atom stereocenters. The molecule has 0 aromatic heterocycles. The second-order valence-corrected chi connectivity index (χ2v) is 6.40. The lowest BCUT2D eigenvalue weighted by Crippen LogP contribution is -2.53. The monoisotopic (exact) mass is 261 g/mol. The summed E-state index contributed by atoms with van der Waals surface area (Å²) >= 11 is 0. The fraction of sp³-hybridized carbons (Fsp3) is 0.647. The van der Waals surface area contributed by atoms with Crippen molar-refractivity contribution in [2.75, 3.05) is 11.5 Å². The third-order valence-electron chi connectivity index (χ3n) is 4.21. The fourth-order valence-corrected chi connectivity index (χ4v) is 3.57. The van der Waals surface area contributed by atoms with E-state index < -0.39 is 0 Å². The lowest BCUT2D eigenvalue weighted by atomic mass is 9.79. The molecule has 1 aliphatic heterocycles. The first-order valence-corrected chi connectivity index (χ1v) is 7.38. The Labute approximate surface area is 117 Å². The van der Waals surface area contributed by atoms with Crippen molar-refractivity contribution in [1.29, 1.82) is 0 Å². The second-order valence-electron chi connectivity index (χ2n) is 6.40. The minimum absolute atomic E-state index is 0.119. The SMILES string of the molecule is CCOC(C)N1c2cc(C)ccc2C(C)CC1(C)C. The van der Waals surface area contributed by atoms with Gasteiger partial charge in [0.15, 0.2) is 0 Å². The minimum Gasteiger partial charge on any atom is -0.359 e. The van der Waals surface area contributed by atoms with E-state index in [-0.39, 0.29) is 11.8 Å². The molecule has 0 aliphatic carbocycles. The van der Waals surface area contributed by atoms with Gasteiger partial charge >= 0.3 is 0 Å². The number of nitrogens with zero attached hydrogens (tertiary/aromatic N) is 1. The van der Waals surface area contributed by atoms with Crippen molar-refractivity contribution in [3.63, 3.8) is 0 Å². The predicted molar refractivity (Wildman–Crippen MR) is 81.9 cm³/mol. The highest BCUT2D eigenvalue weighted by atomic mass is 16.5. The Kier molecular flexibility index (Phi) is 3.91. The van der Waals surface area contributed by atoms with Gasteiger partial charge in [-0.25, -0.2) is 0 Å². The molecule has 0 spiro atoms. The third-order valence-corrected chi connectivity index (χ3v) is 4.21. The van der Waals surface area contributed by atoms with Gasteiger partial charge in [0.05, 0.1) is 0 Å². The van der Waals surface area contributed by atoms with Gasteiger partial charge in [0.25, 0.3) is 0 Å². The van der Waals surface area contributed by atoms with E-state index >= 15 is 0 Å². The average Bonchev–Trinajstić information content (AvgIpc) is 2.27. The summed E-state index contributed by atoms with van der Waals surface area (Å²) in [6.07, 6.45) is 1.29. The number of ether oxygens (including phenoxy) is 1. The molecule has 19 heavy (non-hydrogen) atoms. The molecule has 0 saturated carbocycles. The van der Waals surface area contributed by atoms with Gasteiger partial charge in [-0.05, 0) is 64.2 Å². The van der Waals surface area contributed by atoms with Crippen LogP contribution in [0.1, 0.15) is 58.1 Å². The van der Waals surface area contributed by atoms with Gasteiger partial charge in [0.1, 0.15) is 6.23 Å². The molecular formula is C17H27NO. The van der Waals surface area contributed by atoms with Crippen LogP contribution in [0.5, 0.6) is 0 Å². The predicted octanol–water partition coefficient (Wildman–Crippen LogP) is 4.47. The van der Waals surface area contributed by atoms with E-state index in [2.05, 4.69) is 64.6 Å². The Hall–Kier alpha value is -1.02. The molecule has 0 fully saturated rings. The fourth-order valence-electron chi connectivity index (χ4n) is 3.57. The highest BCUT2D eigenvalue weighted by molar-refractivity contribution is 5.61. The van der Waals surface area contributed by atoms with Gasteiger partial charge in [-0.1, -0.05) is 19.1 Å². The van der Waals surface area contributed by atoms with Crippen LogP contribution in [0, 0.1) is 6.92 Å². The van der Waals surface area contributed by atoms with E-state index in [9.17, 15) is 0 Å². The average molecular weight is 261 g/mol. The number of hydrogen-bond acceptors (Lipinski definition) is 2. The van der Waals surface area contributed by atoms with Crippen LogP contribution in [0.3, 0.4) is 0 Å². The molecule has 2 nitrogen and oxygen atoms in total. The molecule has 2 unspecified atom stereocenters. The zero-order chi connectivity index (χ0) is 14.2. The van der Waals surface area contributed by atoms with Crippen molar-refractivity contribution in [3.8, 4) is 0 Å². The van der Waals surface area contributed by atoms with Gasteiger partial charge in [-0.3, -0.25) is 0 Å². The first-order chi connectivity index (χ1) is 8.86. The van der Waals surface area contributed by atoms with Crippen LogP contribution in [0.4, 0.5) is 5.69 Å². The number of rotatable bonds is 3. The smallest absolute Gasteiger partial charge is 0.127 e. The molecular weight excluding hydrogens is 234 g/mol. The van der Waals surface area contributed by atoms with E-state index in [0.29, 0.717) is 5.92 Å². The minimum atomic E-state index is 0.119. The first kappa shape index (κ1) is 14.4. The number of hydrogen-bond donors (Lipinski definition) is 0. The van der Waals surface area contributed by atoms with Crippen LogP contribution in [0.2, 0.25) is 0 Å². The molecule has 0 radical (unpaired) electrons.